The van der Waals surface area contributed by atoms with Crippen molar-refractivity contribution < 1.29 is 19.6 Å². The Morgan fingerprint density at radius 2 is 2.04 bits per heavy atom. The predicted octanol–water partition coefficient (Wildman–Crippen LogP) is 2.39. The summed E-state index contributed by atoms with van der Waals surface area (Å²) in [6.07, 6.45) is 3.52. The molecule has 7 nitrogen and oxygen atoms in total. The van der Waals surface area contributed by atoms with E-state index in [1.807, 2.05) is 31.2 Å². The Morgan fingerprint density at radius 3 is 2.74 bits per heavy atom. The first-order chi connectivity index (χ1) is 13.0. The molecular weight excluding hydrogens is 346 g/mol. The number of pyridine rings is 1. The van der Waals surface area contributed by atoms with Crippen LogP contribution in [0, 0.1) is 5.92 Å². The lowest BCUT2D eigenvalue weighted by atomic mass is 9.91. The number of hydrogen-bond donors (Lipinski definition) is 2. The number of rotatable bonds is 6. The molecule has 1 saturated heterocycles. The first-order valence-electron chi connectivity index (χ1n) is 9.15. The topological polar surface area (TPSA) is 99.6 Å². The Balaban J connectivity index is 2.13. The number of likely N-dealkylation sites (tertiary alicyclic amines) is 1. The Morgan fingerprint density at radius 1 is 1.30 bits per heavy atom. The highest BCUT2D eigenvalue weighted by atomic mass is 16.5. The standard InChI is InChI=1S/C20H23N3O4/c1-3-4-9-16(19(25)22-27)23-17(12(2)18(24)20(23)26)14-10-11-21-15-8-6-5-7-13(14)15/h5-8,10-12,16-17,27H,3-4,9H2,1-2H3,(H,22,25). The summed E-state index contributed by atoms with van der Waals surface area (Å²) in [5.41, 5.74) is 3.19. The lowest BCUT2D eigenvalue weighted by molar-refractivity contribution is -0.147. The summed E-state index contributed by atoms with van der Waals surface area (Å²) in [4.78, 5) is 43.3. The second-order valence-corrected chi connectivity index (χ2v) is 6.86. The average molecular weight is 369 g/mol. The Hall–Kier alpha value is -2.80. The summed E-state index contributed by atoms with van der Waals surface area (Å²) in [6, 6.07) is 7.79. The van der Waals surface area contributed by atoms with Crippen molar-refractivity contribution in [3.63, 3.8) is 0 Å². The molecule has 1 aromatic carbocycles. The molecule has 0 bridgehead atoms. The van der Waals surface area contributed by atoms with Gasteiger partial charge in [0, 0.05) is 17.5 Å². The number of fused-ring (bicyclic) bond motifs is 1. The van der Waals surface area contributed by atoms with Crippen LogP contribution >= 0.6 is 0 Å². The van der Waals surface area contributed by atoms with Gasteiger partial charge in [0.25, 0.3) is 11.8 Å². The van der Waals surface area contributed by atoms with Gasteiger partial charge in [-0.05, 0) is 24.1 Å². The molecule has 27 heavy (non-hydrogen) atoms. The van der Waals surface area contributed by atoms with E-state index in [4.69, 9.17) is 0 Å². The van der Waals surface area contributed by atoms with Crippen LogP contribution in [0.3, 0.4) is 0 Å². The van der Waals surface area contributed by atoms with E-state index >= 15 is 0 Å². The third kappa shape index (κ3) is 3.30. The zero-order valence-electron chi connectivity index (χ0n) is 15.4. The second-order valence-electron chi connectivity index (χ2n) is 6.86. The van der Waals surface area contributed by atoms with Gasteiger partial charge in [-0.3, -0.25) is 24.6 Å². The average Bonchev–Trinajstić information content (AvgIpc) is 2.91. The first kappa shape index (κ1) is 19.0. The van der Waals surface area contributed by atoms with E-state index in [-0.39, 0.29) is 0 Å². The Bertz CT molecular complexity index is 877. The molecule has 142 valence electrons. The maximum Gasteiger partial charge on any atom is 0.291 e. The van der Waals surface area contributed by atoms with E-state index < -0.39 is 35.6 Å². The molecule has 3 atom stereocenters. The largest absolute Gasteiger partial charge is 0.316 e. The summed E-state index contributed by atoms with van der Waals surface area (Å²) < 4.78 is 0. The minimum atomic E-state index is -0.909. The fourth-order valence-electron chi connectivity index (χ4n) is 3.83. The van der Waals surface area contributed by atoms with Crippen LogP contribution in [0.25, 0.3) is 10.9 Å². The molecule has 3 rings (SSSR count). The monoisotopic (exact) mass is 369 g/mol. The van der Waals surface area contributed by atoms with Crippen LogP contribution in [-0.4, -0.2) is 38.7 Å². The van der Waals surface area contributed by atoms with Crippen LogP contribution in [-0.2, 0) is 14.4 Å². The Kier molecular flexibility index (Phi) is 5.51. The lowest BCUT2D eigenvalue weighted by Crippen LogP contribution is -2.48. The van der Waals surface area contributed by atoms with Gasteiger partial charge in [0.05, 0.1) is 11.6 Å². The fourth-order valence-corrected chi connectivity index (χ4v) is 3.83. The van der Waals surface area contributed by atoms with E-state index in [2.05, 4.69) is 4.98 Å². The number of nitrogens with zero attached hydrogens (tertiary/aromatic N) is 2. The number of benzene rings is 1. The normalized spacial score (nSPS) is 20.9. The number of nitrogens with one attached hydrogen (secondary N) is 1. The highest BCUT2D eigenvalue weighted by molar-refractivity contribution is 6.39. The van der Waals surface area contributed by atoms with Crippen molar-refractivity contribution in [1.82, 2.24) is 15.4 Å². The molecule has 0 radical (unpaired) electrons. The van der Waals surface area contributed by atoms with Gasteiger partial charge in [-0.1, -0.05) is 44.9 Å². The molecule has 1 aromatic heterocycles. The fraction of sp³-hybridized carbons (Fsp3) is 0.400. The van der Waals surface area contributed by atoms with E-state index in [1.54, 1.807) is 24.7 Å². The Labute approximate surface area is 157 Å². The minimum Gasteiger partial charge on any atom is -0.316 e. The number of amides is 2. The molecule has 7 heteroatoms. The van der Waals surface area contributed by atoms with Crippen LogP contribution in [0.2, 0.25) is 0 Å². The molecule has 1 aliphatic rings. The van der Waals surface area contributed by atoms with Crippen molar-refractivity contribution in [2.75, 3.05) is 0 Å². The smallest absolute Gasteiger partial charge is 0.291 e. The third-order valence-electron chi connectivity index (χ3n) is 5.21. The van der Waals surface area contributed by atoms with Gasteiger partial charge in [-0.25, -0.2) is 5.48 Å². The van der Waals surface area contributed by atoms with Crippen molar-refractivity contribution in [3.05, 3.63) is 42.1 Å². The van der Waals surface area contributed by atoms with Gasteiger partial charge in [0.1, 0.15) is 6.04 Å². The predicted molar refractivity (Wildman–Crippen MR) is 98.7 cm³/mol. The number of unbranched alkanes of at least 4 members (excludes halogenated alkanes) is 1. The molecule has 0 aliphatic carbocycles. The van der Waals surface area contributed by atoms with Gasteiger partial charge in [-0.2, -0.15) is 0 Å². The van der Waals surface area contributed by atoms with Gasteiger partial charge in [0.15, 0.2) is 0 Å². The molecule has 2 heterocycles. The molecule has 1 aliphatic heterocycles. The van der Waals surface area contributed by atoms with E-state index in [1.165, 1.54) is 4.90 Å². The molecule has 2 amide bonds. The zero-order chi connectivity index (χ0) is 19.6. The van der Waals surface area contributed by atoms with Crippen LogP contribution in [0.4, 0.5) is 0 Å². The number of Topliss-reactive ketones (excluding diaryl/α,β-unsaturated/α-hetero) is 1. The second kappa shape index (κ2) is 7.84. The lowest BCUT2D eigenvalue weighted by Gasteiger charge is -2.33. The minimum absolute atomic E-state index is 0.369. The number of para-hydroxylation sites is 1. The van der Waals surface area contributed by atoms with Crippen molar-refractivity contribution >= 4 is 28.5 Å². The van der Waals surface area contributed by atoms with E-state index in [0.29, 0.717) is 12.8 Å². The van der Waals surface area contributed by atoms with Crippen molar-refractivity contribution in [2.24, 2.45) is 5.92 Å². The summed E-state index contributed by atoms with van der Waals surface area (Å²) >= 11 is 0. The number of aromatic nitrogens is 1. The SMILES string of the molecule is CCCCC(C(=O)NO)N1C(=O)C(=O)C(C)C1c1ccnc2ccccc12. The van der Waals surface area contributed by atoms with E-state index in [9.17, 15) is 19.6 Å². The summed E-state index contributed by atoms with van der Waals surface area (Å²) in [7, 11) is 0. The van der Waals surface area contributed by atoms with Crippen LogP contribution in [0.5, 0.6) is 0 Å². The van der Waals surface area contributed by atoms with Crippen molar-refractivity contribution in [1.29, 1.82) is 0 Å². The maximum absolute atomic E-state index is 12.8. The third-order valence-corrected chi connectivity index (χ3v) is 5.21. The molecule has 0 spiro atoms. The number of ketones is 1. The van der Waals surface area contributed by atoms with Crippen molar-refractivity contribution in [3.8, 4) is 0 Å². The van der Waals surface area contributed by atoms with Gasteiger partial charge >= 0.3 is 0 Å². The number of carbonyl (C=O) groups excluding carboxylic acids is 3. The number of hydrogen-bond acceptors (Lipinski definition) is 5. The van der Waals surface area contributed by atoms with Crippen LogP contribution < -0.4 is 5.48 Å². The maximum atomic E-state index is 12.8. The molecular formula is C20H23N3O4. The number of carbonyl (C=O) groups is 3. The van der Waals surface area contributed by atoms with Gasteiger partial charge < -0.3 is 4.90 Å². The highest BCUT2D eigenvalue weighted by Gasteiger charge is 2.50. The zero-order valence-corrected chi connectivity index (χ0v) is 15.4. The molecule has 0 saturated carbocycles. The van der Waals surface area contributed by atoms with Crippen LogP contribution in [0.1, 0.15) is 44.7 Å². The quantitative estimate of drug-likeness (QED) is 0.463. The van der Waals surface area contributed by atoms with Crippen LogP contribution in [0.15, 0.2) is 36.5 Å². The molecule has 3 unspecified atom stereocenters. The summed E-state index contributed by atoms with van der Waals surface area (Å²) in [6.45, 7) is 3.68. The van der Waals surface area contributed by atoms with Crippen molar-refractivity contribution in [2.45, 2.75) is 45.2 Å². The summed E-state index contributed by atoms with van der Waals surface area (Å²) in [5, 5.41) is 10.0. The first-order valence-corrected chi connectivity index (χ1v) is 9.15. The number of hydroxylamine groups is 1. The summed E-state index contributed by atoms with van der Waals surface area (Å²) in [5.74, 6) is -2.48. The molecule has 1 fully saturated rings. The van der Waals surface area contributed by atoms with E-state index in [0.717, 1.165) is 22.9 Å². The van der Waals surface area contributed by atoms with Gasteiger partial charge in [0.2, 0.25) is 5.78 Å². The molecule has 2 aromatic rings. The van der Waals surface area contributed by atoms with Gasteiger partial charge in [-0.15, -0.1) is 0 Å². The molecule has 2 N–H and O–H groups in total. The highest BCUT2D eigenvalue weighted by Crippen LogP contribution is 2.40.